The Morgan fingerprint density at radius 2 is 2.26 bits per heavy atom. The van der Waals surface area contributed by atoms with Gasteiger partial charge in [0.2, 0.25) is 5.89 Å². The second-order valence-electron chi connectivity index (χ2n) is 5.33. The van der Waals surface area contributed by atoms with Gasteiger partial charge in [-0.05, 0) is 39.2 Å². The summed E-state index contributed by atoms with van der Waals surface area (Å²) < 4.78 is 5.17. The van der Waals surface area contributed by atoms with E-state index in [9.17, 15) is 4.79 Å². The van der Waals surface area contributed by atoms with Crippen molar-refractivity contribution in [3.63, 3.8) is 0 Å². The molecule has 0 aliphatic carbocycles. The van der Waals surface area contributed by atoms with Crippen molar-refractivity contribution in [2.75, 3.05) is 6.54 Å². The van der Waals surface area contributed by atoms with Crippen LogP contribution in [0.25, 0.3) is 0 Å². The van der Waals surface area contributed by atoms with Gasteiger partial charge in [-0.2, -0.15) is 4.98 Å². The van der Waals surface area contributed by atoms with Crippen LogP contribution in [0, 0.1) is 0 Å². The third-order valence-corrected chi connectivity index (χ3v) is 3.98. The second kappa shape index (κ2) is 5.69. The molecular weight excluding hydrogens is 244 g/mol. The van der Waals surface area contributed by atoms with E-state index in [0.29, 0.717) is 5.89 Å². The molecule has 0 spiro atoms. The highest BCUT2D eigenvalue weighted by Crippen LogP contribution is 2.21. The maximum atomic E-state index is 12.1. The van der Waals surface area contributed by atoms with Gasteiger partial charge < -0.3 is 15.2 Å². The lowest BCUT2D eigenvalue weighted by Crippen LogP contribution is -2.45. The number of rotatable bonds is 5. The second-order valence-corrected chi connectivity index (χ2v) is 5.33. The van der Waals surface area contributed by atoms with E-state index >= 15 is 0 Å². The van der Waals surface area contributed by atoms with Crippen LogP contribution in [0.15, 0.2) is 4.52 Å². The van der Waals surface area contributed by atoms with Gasteiger partial charge in [0.1, 0.15) is 0 Å². The molecule has 1 amide bonds. The number of nitrogens with zero attached hydrogens (tertiary/aromatic N) is 2. The minimum atomic E-state index is -0.265. The normalized spacial score (nSPS) is 19.6. The van der Waals surface area contributed by atoms with Crippen molar-refractivity contribution in [1.82, 2.24) is 20.8 Å². The fourth-order valence-electron chi connectivity index (χ4n) is 2.12. The minimum Gasteiger partial charge on any atom is -0.344 e. The van der Waals surface area contributed by atoms with E-state index in [1.807, 2.05) is 20.8 Å². The molecule has 0 bridgehead atoms. The number of carbonyl (C=O) groups excluding carboxylic acids is 1. The molecular formula is C13H22N4O2. The van der Waals surface area contributed by atoms with Crippen LogP contribution in [0.2, 0.25) is 0 Å². The lowest BCUT2D eigenvalue weighted by atomic mass is 9.95. The van der Waals surface area contributed by atoms with Crippen molar-refractivity contribution in [2.45, 2.75) is 58.0 Å². The molecule has 1 unspecified atom stereocenters. The summed E-state index contributed by atoms with van der Waals surface area (Å²) in [6.07, 6.45) is 3.80. The molecule has 1 saturated heterocycles. The number of hydrogen-bond donors (Lipinski definition) is 2. The molecule has 1 aromatic rings. The molecule has 106 valence electrons. The van der Waals surface area contributed by atoms with Gasteiger partial charge in [-0.3, -0.25) is 4.79 Å². The summed E-state index contributed by atoms with van der Waals surface area (Å²) in [4.78, 5) is 16.3. The maximum Gasteiger partial charge on any atom is 0.293 e. The van der Waals surface area contributed by atoms with E-state index in [1.165, 1.54) is 0 Å². The molecule has 6 nitrogen and oxygen atoms in total. The van der Waals surface area contributed by atoms with E-state index in [2.05, 4.69) is 20.8 Å². The average molecular weight is 266 g/mol. The van der Waals surface area contributed by atoms with Gasteiger partial charge in [-0.1, -0.05) is 19.0 Å². The van der Waals surface area contributed by atoms with Gasteiger partial charge in [0.15, 0.2) is 0 Å². The molecule has 1 aromatic heterocycles. The quantitative estimate of drug-likeness (QED) is 0.849. The highest BCUT2D eigenvalue weighted by atomic mass is 16.5. The highest BCUT2D eigenvalue weighted by Gasteiger charge is 2.27. The van der Waals surface area contributed by atoms with Crippen LogP contribution in [-0.2, 0) is 0 Å². The van der Waals surface area contributed by atoms with Crippen molar-refractivity contribution in [3.05, 3.63) is 11.7 Å². The molecule has 1 aliphatic rings. The predicted octanol–water partition coefficient (Wildman–Crippen LogP) is 1.80. The van der Waals surface area contributed by atoms with Gasteiger partial charge >= 0.3 is 0 Å². The summed E-state index contributed by atoms with van der Waals surface area (Å²) in [5, 5.41) is 10.0. The molecule has 2 rings (SSSR count). The number of amides is 1. The lowest BCUT2D eigenvalue weighted by Gasteiger charge is -2.27. The number of carbonyl (C=O) groups is 1. The topological polar surface area (TPSA) is 80.0 Å². The van der Waals surface area contributed by atoms with Crippen LogP contribution in [0.1, 0.15) is 69.0 Å². The van der Waals surface area contributed by atoms with Gasteiger partial charge in [0, 0.05) is 5.54 Å². The zero-order valence-corrected chi connectivity index (χ0v) is 11.8. The van der Waals surface area contributed by atoms with Crippen LogP contribution in [-0.4, -0.2) is 28.1 Å². The van der Waals surface area contributed by atoms with E-state index in [4.69, 9.17) is 4.52 Å². The Balaban J connectivity index is 2.03. The standard InChI is InChI=1S/C13H22N4O2/c1-4-13(3,5-2)16-11(18)10-15-12(19-17-10)9-7-6-8-14-9/h9,14H,4-8H2,1-3H3,(H,16,18). The Morgan fingerprint density at radius 3 is 2.84 bits per heavy atom. The first-order valence-corrected chi connectivity index (χ1v) is 6.97. The third kappa shape index (κ3) is 3.12. The molecule has 0 saturated carbocycles. The number of nitrogens with one attached hydrogen (secondary N) is 2. The Bertz CT molecular complexity index is 434. The summed E-state index contributed by atoms with van der Waals surface area (Å²) in [6.45, 7) is 7.07. The largest absolute Gasteiger partial charge is 0.344 e. The van der Waals surface area contributed by atoms with Crippen LogP contribution in [0.5, 0.6) is 0 Å². The number of aromatic nitrogens is 2. The first-order valence-electron chi connectivity index (χ1n) is 6.97. The van der Waals surface area contributed by atoms with E-state index < -0.39 is 0 Å². The fraction of sp³-hybridized carbons (Fsp3) is 0.769. The highest BCUT2D eigenvalue weighted by molar-refractivity contribution is 5.90. The van der Waals surface area contributed by atoms with E-state index in [0.717, 1.165) is 32.2 Å². The molecule has 1 aliphatic heterocycles. The molecule has 0 aromatic carbocycles. The summed E-state index contributed by atoms with van der Waals surface area (Å²) in [7, 11) is 0. The Hall–Kier alpha value is -1.43. The van der Waals surface area contributed by atoms with Crippen molar-refractivity contribution in [1.29, 1.82) is 0 Å². The average Bonchev–Trinajstić information content (AvgIpc) is 3.08. The van der Waals surface area contributed by atoms with E-state index in [-0.39, 0.29) is 23.3 Å². The van der Waals surface area contributed by atoms with Crippen LogP contribution in [0.4, 0.5) is 0 Å². The molecule has 6 heteroatoms. The molecule has 19 heavy (non-hydrogen) atoms. The summed E-state index contributed by atoms with van der Waals surface area (Å²) >= 11 is 0. The predicted molar refractivity (Wildman–Crippen MR) is 70.7 cm³/mol. The first kappa shape index (κ1) is 14.0. The Labute approximate surface area is 113 Å². The van der Waals surface area contributed by atoms with Crippen LogP contribution in [0.3, 0.4) is 0 Å². The minimum absolute atomic E-state index is 0.0952. The monoisotopic (exact) mass is 266 g/mol. The van der Waals surface area contributed by atoms with Crippen molar-refractivity contribution < 1.29 is 9.32 Å². The molecule has 0 radical (unpaired) electrons. The maximum absolute atomic E-state index is 12.1. The summed E-state index contributed by atoms with van der Waals surface area (Å²) in [6, 6.07) is 0.0952. The molecule has 2 N–H and O–H groups in total. The van der Waals surface area contributed by atoms with Gasteiger partial charge in [0.05, 0.1) is 6.04 Å². The van der Waals surface area contributed by atoms with Crippen LogP contribution >= 0.6 is 0 Å². The Kier molecular flexibility index (Phi) is 4.19. The van der Waals surface area contributed by atoms with Crippen molar-refractivity contribution in [2.24, 2.45) is 0 Å². The fourth-order valence-corrected chi connectivity index (χ4v) is 2.12. The zero-order chi connectivity index (χ0) is 13.9. The first-order chi connectivity index (χ1) is 9.08. The van der Waals surface area contributed by atoms with Gasteiger partial charge in [-0.15, -0.1) is 0 Å². The lowest BCUT2D eigenvalue weighted by molar-refractivity contribution is 0.0887. The summed E-state index contributed by atoms with van der Waals surface area (Å²) in [5.41, 5.74) is -0.219. The number of hydrogen-bond acceptors (Lipinski definition) is 5. The van der Waals surface area contributed by atoms with Crippen molar-refractivity contribution >= 4 is 5.91 Å². The van der Waals surface area contributed by atoms with Gasteiger partial charge in [-0.25, -0.2) is 0 Å². The van der Waals surface area contributed by atoms with Crippen LogP contribution < -0.4 is 10.6 Å². The molecule has 2 heterocycles. The Morgan fingerprint density at radius 1 is 1.53 bits per heavy atom. The molecule has 1 fully saturated rings. The smallest absolute Gasteiger partial charge is 0.293 e. The summed E-state index contributed by atoms with van der Waals surface area (Å²) in [5.74, 6) is 0.369. The zero-order valence-electron chi connectivity index (χ0n) is 11.8. The third-order valence-electron chi connectivity index (χ3n) is 3.98. The SMILES string of the molecule is CCC(C)(CC)NC(=O)c1noc(C2CCCN2)n1. The van der Waals surface area contributed by atoms with Crippen molar-refractivity contribution in [3.8, 4) is 0 Å². The van der Waals surface area contributed by atoms with E-state index in [1.54, 1.807) is 0 Å². The molecule has 1 atom stereocenters. The van der Waals surface area contributed by atoms with Gasteiger partial charge in [0.25, 0.3) is 11.7 Å².